The van der Waals surface area contributed by atoms with E-state index in [1.54, 1.807) is 38.4 Å². The van der Waals surface area contributed by atoms with Crippen LogP contribution in [0.15, 0.2) is 24.3 Å². The molecule has 1 rings (SSSR count). The van der Waals surface area contributed by atoms with E-state index in [4.69, 9.17) is 21.6 Å². The largest absolute Gasteiger partial charge is 0.480 e. The Morgan fingerprint density at radius 3 is 2.37 bits per heavy atom. The van der Waals surface area contributed by atoms with E-state index in [1.165, 1.54) is 4.90 Å². The highest BCUT2D eigenvalue weighted by Crippen LogP contribution is 2.14. The number of nitrogens with one attached hydrogen (secondary N) is 1. The minimum atomic E-state index is -1.03. The number of benzene rings is 1. The minimum absolute atomic E-state index is 0.237. The molecule has 1 amide bonds. The lowest BCUT2D eigenvalue weighted by atomic mass is 10.1. The summed E-state index contributed by atoms with van der Waals surface area (Å²) in [6.07, 6.45) is -0.237. The number of hydrogen-bond donors (Lipinski definition) is 2. The average Bonchev–Trinajstić information content (AvgIpc) is 2.37. The van der Waals surface area contributed by atoms with E-state index in [-0.39, 0.29) is 6.42 Å². The highest BCUT2D eigenvalue weighted by atomic mass is 35.5. The van der Waals surface area contributed by atoms with Crippen molar-refractivity contribution in [1.29, 1.82) is 0 Å². The first-order chi connectivity index (χ1) is 8.93. The number of halogens is 1. The lowest BCUT2D eigenvalue weighted by Crippen LogP contribution is -2.32. The Bertz CT molecular complexity index is 448. The summed E-state index contributed by atoms with van der Waals surface area (Å²) in [5, 5.41) is 8.85. The summed E-state index contributed by atoms with van der Waals surface area (Å²) in [7, 11) is 3.17. The maximum absolute atomic E-state index is 11.3. The van der Waals surface area contributed by atoms with Gasteiger partial charge in [-0.05, 0) is 35.9 Å². The number of hydrogen-bond acceptors (Lipinski definition) is 4. The third kappa shape index (κ3) is 4.76. The van der Waals surface area contributed by atoms with Crippen LogP contribution in [-0.4, -0.2) is 42.2 Å². The van der Waals surface area contributed by atoms with Crippen molar-refractivity contribution in [3.8, 4) is 5.75 Å². The molecule has 1 aromatic carbocycles. The SMILES string of the molecule is CN(C)C(=O)Oc1ccc(C[C@H](NCl)C(=O)O)cc1. The standard InChI is InChI=1S/C12H15ClN2O4/c1-15(2)12(18)19-9-5-3-8(4-6-9)7-10(14-13)11(16)17/h3-6,10,14H,7H2,1-2H3,(H,16,17)/t10-/m0/s1. The number of nitrogens with zero attached hydrogens (tertiary/aromatic N) is 1. The second kappa shape index (κ2) is 6.96. The quantitative estimate of drug-likeness (QED) is 0.802. The number of carboxylic acid groups (broad SMARTS) is 1. The summed E-state index contributed by atoms with van der Waals surface area (Å²) in [5.41, 5.74) is 0.769. The highest BCUT2D eigenvalue weighted by Gasteiger charge is 2.16. The maximum atomic E-state index is 11.3. The van der Waals surface area contributed by atoms with Crippen molar-refractivity contribution in [1.82, 2.24) is 9.74 Å². The van der Waals surface area contributed by atoms with Crippen molar-refractivity contribution in [2.75, 3.05) is 14.1 Å². The molecule has 0 heterocycles. The van der Waals surface area contributed by atoms with Crippen LogP contribution in [0.2, 0.25) is 0 Å². The summed E-state index contributed by atoms with van der Waals surface area (Å²) in [6, 6.07) is 5.70. The van der Waals surface area contributed by atoms with E-state index in [2.05, 4.69) is 4.84 Å². The van der Waals surface area contributed by atoms with Crippen molar-refractivity contribution < 1.29 is 19.4 Å². The molecule has 0 spiro atoms. The predicted molar refractivity (Wildman–Crippen MR) is 70.3 cm³/mol. The molecule has 0 fully saturated rings. The number of rotatable bonds is 5. The predicted octanol–water partition coefficient (Wildman–Crippen LogP) is 1.49. The van der Waals surface area contributed by atoms with Gasteiger partial charge in [0.2, 0.25) is 0 Å². The molecular formula is C12H15ClN2O4. The second-order valence-electron chi connectivity index (χ2n) is 4.11. The van der Waals surface area contributed by atoms with Crippen molar-refractivity contribution in [3.05, 3.63) is 29.8 Å². The second-order valence-corrected chi connectivity index (χ2v) is 4.33. The van der Waals surface area contributed by atoms with Gasteiger partial charge in [-0.15, -0.1) is 0 Å². The monoisotopic (exact) mass is 286 g/mol. The van der Waals surface area contributed by atoms with Crippen molar-refractivity contribution in [3.63, 3.8) is 0 Å². The summed E-state index contributed by atoms with van der Waals surface area (Å²) >= 11 is 5.34. The van der Waals surface area contributed by atoms with Crippen molar-refractivity contribution in [2.24, 2.45) is 0 Å². The third-order valence-corrected chi connectivity index (χ3v) is 2.63. The third-order valence-electron chi connectivity index (χ3n) is 2.36. The zero-order chi connectivity index (χ0) is 14.4. The molecule has 0 saturated heterocycles. The van der Waals surface area contributed by atoms with Gasteiger partial charge in [0.15, 0.2) is 0 Å². The molecule has 0 bridgehead atoms. The maximum Gasteiger partial charge on any atom is 0.414 e. The molecule has 0 aromatic heterocycles. The molecule has 0 unspecified atom stereocenters. The van der Waals surface area contributed by atoms with Gasteiger partial charge >= 0.3 is 12.1 Å². The molecule has 0 radical (unpaired) electrons. The molecule has 104 valence electrons. The van der Waals surface area contributed by atoms with E-state index in [1.807, 2.05) is 0 Å². The fourth-order valence-corrected chi connectivity index (χ4v) is 1.46. The van der Waals surface area contributed by atoms with E-state index in [0.717, 1.165) is 5.56 Å². The van der Waals surface area contributed by atoms with E-state index in [9.17, 15) is 9.59 Å². The van der Waals surface area contributed by atoms with Crippen LogP contribution in [0.1, 0.15) is 5.56 Å². The Kier molecular flexibility index (Phi) is 5.59. The van der Waals surface area contributed by atoms with Gasteiger partial charge in [0.05, 0.1) is 0 Å². The number of aliphatic carboxylic acids is 1. The van der Waals surface area contributed by atoms with Crippen LogP contribution in [0, 0.1) is 0 Å². The Morgan fingerprint density at radius 1 is 1.37 bits per heavy atom. The van der Waals surface area contributed by atoms with Gasteiger partial charge in [0.25, 0.3) is 0 Å². The molecule has 2 N–H and O–H groups in total. The lowest BCUT2D eigenvalue weighted by Gasteiger charge is -2.12. The van der Waals surface area contributed by atoms with Crippen LogP contribution in [0.4, 0.5) is 4.79 Å². The molecule has 1 atom stereocenters. The molecule has 0 aliphatic heterocycles. The Hall–Kier alpha value is -1.79. The molecular weight excluding hydrogens is 272 g/mol. The normalized spacial score (nSPS) is 11.7. The summed E-state index contributed by atoms with van der Waals surface area (Å²) in [4.78, 5) is 25.6. The molecule has 7 heteroatoms. The smallest absolute Gasteiger partial charge is 0.414 e. The summed E-state index contributed by atoms with van der Waals surface area (Å²) in [6.45, 7) is 0. The topological polar surface area (TPSA) is 78.9 Å². The van der Waals surface area contributed by atoms with Gasteiger partial charge in [-0.1, -0.05) is 12.1 Å². The fourth-order valence-electron chi connectivity index (χ4n) is 1.29. The average molecular weight is 287 g/mol. The van der Waals surface area contributed by atoms with E-state index in [0.29, 0.717) is 5.75 Å². The zero-order valence-corrected chi connectivity index (χ0v) is 11.3. The molecule has 19 heavy (non-hydrogen) atoms. The summed E-state index contributed by atoms with van der Waals surface area (Å²) in [5.74, 6) is -0.633. The number of carbonyl (C=O) groups excluding carboxylic acids is 1. The van der Waals surface area contributed by atoms with Crippen LogP contribution in [0.5, 0.6) is 5.75 Å². The van der Waals surface area contributed by atoms with Gasteiger partial charge in [-0.3, -0.25) is 4.79 Å². The molecule has 0 aliphatic carbocycles. The number of amides is 1. The summed E-state index contributed by atoms with van der Waals surface area (Å²) < 4.78 is 5.04. The fraction of sp³-hybridized carbons (Fsp3) is 0.333. The molecule has 0 aliphatic rings. The first-order valence-electron chi connectivity index (χ1n) is 5.51. The number of carboxylic acids is 1. The lowest BCUT2D eigenvalue weighted by molar-refractivity contribution is -0.138. The first-order valence-corrected chi connectivity index (χ1v) is 5.89. The van der Waals surface area contributed by atoms with Crippen LogP contribution in [0.3, 0.4) is 0 Å². The van der Waals surface area contributed by atoms with Gasteiger partial charge < -0.3 is 14.7 Å². The highest BCUT2D eigenvalue weighted by molar-refractivity contribution is 6.14. The molecule has 6 nitrogen and oxygen atoms in total. The Morgan fingerprint density at radius 2 is 1.95 bits per heavy atom. The van der Waals surface area contributed by atoms with Crippen molar-refractivity contribution in [2.45, 2.75) is 12.5 Å². The van der Waals surface area contributed by atoms with Crippen LogP contribution in [0.25, 0.3) is 0 Å². The molecule has 0 saturated carbocycles. The number of ether oxygens (including phenoxy) is 1. The zero-order valence-electron chi connectivity index (χ0n) is 10.6. The number of carbonyl (C=O) groups is 2. The van der Waals surface area contributed by atoms with E-state index < -0.39 is 18.1 Å². The van der Waals surface area contributed by atoms with Gasteiger partial charge in [-0.25, -0.2) is 9.63 Å². The Labute approximate surface area is 116 Å². The minimum Gasteiger partial charge on any atom is -0.480 e. The molecule has 1 aromatic rings. The van der Waals surface area contributed by atoms with Crippen molar-refractivity contribution >= 4 is 23.8 Å². The van der Waals surface area contributed by atoms with E-state index >= 15 is 0 Å². The van der Waals surface area contributed by atoms with Gasteiger partial charge in [-0.2, -0.15) is 0 Å². The van der Waals surface area contributed by atoms with Crippen LogP contribution < -0.4 is 9.57 Å². The first kappa shape index (κ1) is 15.3. The van der Waals surface area contributed by atoms with Gasteiger partial charge in [0, 0.05) is 14.1 Å². The van der Waals surface area contributed by atoms with Gasteiger partial charge in [0.1, 0.15) is 11.8 Å². The van der Waals surface area contributed by atoms with Crippen LogP contribution >= 0.6 is 11.8 Å². The van der Waals surface area contributed by atoms with Crippen LogP contribution in [-0.2, 0) is 11.2 Å². The Balaban J connectivity index is 2.66.